The van der Waals surface area contributed by atoms with E-state index in [1.54, 1.807) is 0 Å². The number of nitrogens with one attached hydrogen (secondary N) is 1. The van der Waals surface area contributed by atoms with Crippen LogP contribution in [0.4, 0.5) is 0 Å². The standard InChI is InChI=1S/C17H27N5O/c1-4-13(5-2)16-21-14-10-12(3)11-20-17(14)22(16)9-6-15(23)19-8-7-18/h10-11,13H,4-9,18H2,1-3H3,(H,19,23). The van der Waals surface area contributed by atoms with E-state index in [9.17, 15) is 4.79 Å². The first-order valence-electron chi connectivity index (χ1n) is 8.40. The molecule has 0 unspecified atom stereocenters. The summed E-state index contributed by atoms with van der Waals surface area (Å²) in [5, 5.41) is 2.81. The molecule has 0 fully saturated rings. The summed E-state index contributed by atoms with van der Waals surface area (Å²) in [6.45, 7) is 7.92. The minimum Gasteiger partial charge on any atom is -0.355 e. The molecule has 6 nitrogen and oxygen atoms in total. The molecule has 1 amide bonds. The van der Waals surface area contributed by atoms with Gasteiger partial charge in [0.05, 0.1) is 0 Å². The van der Waals surface area contributed by atoms with Crippen LogP contribution in [0.3, 0.4) is 0 Å². The molecule has 126 valence electrons. The molecule has 0 saturated heterocycles. The van der Waals surface area contributed by atoms with Crippen LogP contribution in [0.15, 0.2) is 12.3 Å². The Morgan fingerprint density at radius 1 is 1.39 bits per heavy atom. The Kier molecular flexibility index (Phi) is 6.10. The molecule has 6 heteroatoms. The summed E-state index contributed by atoms with van der Waals surface area (Å²) in [6, 6.07) is 2.05. The van der Waals surface area contributed by atoms with E-state index in [0.717, 1.165) is 35.4 Å². The number of carbonyl (C=O) groups excluding carboxylic acids is 1. The maximum atomic E-state index is 11.9. The summed E-state index contributed by atoms with van der Waals surface area (Å²) in [5.41, 5.74) is 8.29. The highest BCUT2D eigenvalue weighted by Gasteiger charge is 2.19. The Morgan fingerprint density at radius 3 is 2.78 bits per heavy atom. The molecular formula is C17H27N5O. The fourth-order valence-electron chi connectivity index (χ4n) is 2.83. The van der Waals surface area contributed by atoms with E-state index in [0.29, 0.717) is 32.0 Å². The van der Waals surface area contributed by atoms with E-state index >= 15 is 0 Å². The van der Waals surface area contributed by atoms with Crippen LogP contribution in [-0.4, -0.2) is 33.5 Å². The minimum absolute atomic E-state index is 0.0138. The van der Waals surface area contributed by atoms with Gasteiger partial charge in [-0.3, -0.25) is 4.79 Å². The van der Waals surface area contributed by atoms with Gasteiger partial charge in [-0.2, -0.15) is 0 Å². The average Bonchev–Trinajstić information content (AvgIpc) is 2.89. The van der Waals surface area contributed by atoms with Crippen LogP contribution >= 0.6 is 0 Å². The molecule has 3 N–H and O–H groups in total. The van der Waals surface area contributed by atoms with E-state index in [2.05, 4.69) is 34.8 Å². The number of imidazole rings is 1. The first kappa shape index (κ1) is 17.4. The maximum absolute atomic E-state index is 11.9. The fourth-order valence-corrected chi connectivity index (χ4v) is 2.83. The number of pyridine rings is 1. The van der Waals surface area contributed by atoms with Crippen LogP contribution in [0.1, 0.15) is 50.4 Å². The van der Waals surface area contributed by atoms with E-state index in [-0.39, 0.29) is 5.91 Å². The van der Waals surface area contributed by atoms with Crippen LogP contribution < -0.4 is 11.1 Å². The Morgan fingerprint density at radius 2 is 2.13 bits per heavy atom. The van der Waals surface area contributed by atoms with Gasteiger partial charge in [0.2, 0.25) is 5.91 Å². The predicted molar refractivity (Wildman–Crippen MR) is 92.3 cm³/mol. The SMILES string of the molecule is CCC(CC)c1nc2cc(C)cnc2n1CCC(=O)NCCN. The molecule has 2 rings (SSSR count). The van der Waals surface area contributed by atoms with Crippen LogP contribution in [0.25, 0.3) is 11.2 Å². The second kappa shape index (κ2) is 8.06. The lowest BCUT2D eigenvalue weighted by atomic mass is 10.0. The van der Waals surface area contributed by atoms with Crippen molar-refractivity contribution >= 4 is 17.1 Å². The number of hydrogen-bond acceptors (Lipinski definition) is 4. The molecule has 23 heavy (non-hydrogen) atoms. The number of hydrogen-bond donors (Lipinski definition) is 2. The van der Waals surface area contributed by atoms with E-state index in [1.165, 1.54) is 0 Å². The number of nitrogens with two attached hydrogens (primary N) is 1. The molecule has 2 aromatic rings. The second-order valence-corrected chi connectivity index (χ2v) is 5.88. The van der Waals surface area contributed by atoms with Crippen molar-refractivity contribution in [2.24, 2.45) is 5.73 Å². The first-order chi connectivity index (χ1) is 11.1. The molecule has 0 aliphatic rings. The van der Waals surface area contributed by atoms with E-state index in [4.69, 9.17) is 10.7 Å². The number of amides is 1. The molecule has 0 radical (unpaired) electrons. The quantitative estimate of drug-likeness (QED) is 0.781. The molecule has 0 aliphatic carbocycles. The second-order valence-electron chi connectivity index (χ2n) is 5.88. The normalized spacial score (nSPS) is 11.3. The van der Waals surface area contributed by atoms with Gasteiger partial charge in [0.25, 0.3) is 0 Å². The lowest BCUT2D eigenvalue weighted by Crippen LogP contribution is -2.29. The summed E-state index contributed by atoms with van der Waals surface area (Å²) < 4.78 is 2.11. The Labute approximate surface area is 137 Å². The van der Waals surface area contributed by atoms with Crippen molar-refractivity contribution in [3.05, 3.63) is 23.7 Å². The summed E-state index contributed by atoms with van der Waals surface area (Å²) in [4.78, 5) is 21.2. The van der Waals surface area contributed by atoms with Gasteiger partial charge in [-0.15, -0.1) is 0 Å². The minimum atomic E-state index is 0.0138. The number of aryl methyl sites for hydroxylation is 2. The number of nitrogens with zero attached hydrogens (tertiary/aromatic N) is 3. The van der Waals surface area contributed by atoms with Gasteiger partial charge >= 0.3 is 0 Å². The zero-order valence-corrected chi connectivity index (χ0v) is 14.3. The Hall–Kier alpha value is -1.95. The van der Waals surface area contributed by atoms with E-state index < -0.39 is 0 Å². The topological polar surface area (TPSA) is 85.8 Å². The zero-order chi connectivity index (χ0) is 16.8. The van der Waals surface area contributed by atoms with Crippen molar-refractivity contribution in [1.82, 2.24) is 19.9 Å². The molecule has 0 saturated carbocycles. The molecule has 0 aromatic carbocycles. The van der Waals surface area contributed by atoms with Crippen LogP contribution in [0.2, 0.25) is 0 Å². The van der Waals surface area contributed by atoms with Crippen molar-refractivity contribution < 1.29 is 4.79 Å². The molecule has 0 aliphatic heterocycles. The monoisotopic (exact) mass is 317 g/mol. The van der Waals surface area contributed by atoms with Gasteiger partial charge in [0.1, 0.15) is 11.3 Å². The third-order valence-corrected chi connectivity index (χ3v) is 4.13. The van der Waals surface area contributed by atoms with Crippen molar-refractivity contribution in [3.8, 4) is 0 Å². The summed E-state index contributed by atoms with van der Waals surface area (Å²) >= 11 is 0. The average molecular weight is 317 g/mol. The lowest BCUT2D eigenvalue weighted by molar-refractivity contribution is -0.121. The van der Waals surface area contributed by atoms with Crippen molar-refractivity contribution in [2.45, 2.75) is 52.5 Å². The van der Waals surface area contributed by atoms with Gasteiger partial charge in [-0.25, -0.2) is 9.97 Å². The highest BCUT2D eigenvalue weighted by molar-refractivity contribution is 5.76. The van der Waals surface area contributed by atoms with Crippen LogP contribution in [0.5, 0.6) is 0 Å². The third kappa shape index (κ3) is 4.07. The number of fused-ring (bicyclic) bond motifs is 1. The number of rotatable bonds is 8. The Balaban J connectivity index is 2.30. The molecule has 2 aromatic heterocycles. The molecule has 0 atom stereocenters. The van der Waals surface area contributed by atoms with Gasteiger partial charge in [0, 0.05) is 38.2 Å². The predicted octanol–water partition coefficient (Wildman–Crippen LogP) is 2.11. The molecule has 2 heterocycles. The first-order valence-corrected chi connectivity index (χ1v) is 8.40. The van der Waals surface area contributed by atoms with E-state index in [1.807, 2.05) is 13.1 Å². The van der Waals surface area contributed by atoms with Gasteiger partial charge in [0.15, 0.2) is 5.65 Å². The third-order valence-electron chi connectivity index (χ3n) is 4.13. The largest absolute Gasteiger partial charge is 0.355 e. The molecular weight excluding hydrogens is 290 g/mol. The number of aromatic nitrogens is 3. The summed E-state index contributed by atoms with van der Waals surface area (Å²) in [5.74, 6) is 1.44. The maximum Gasteiger partial charge on any atom is 0.221 e. The highest BCUT2D eigenvalue weighted by Crippen LogP contribution is 2.26. The van der Waals surface area contributed by atoms with Gasteiger partial charge in [-0.1, -0.05) is 13.8 Å². The van der Waals surface area contributed by atoms with Crippen LogP contribution in [0, 0.1) is 6.92 Å². The van der Waals surface area contributed by atoms with Gasteiger partial charge < -0.3 is 15.6 Å². The Bertz CT molecular complexity index is 660. The van der Waals surface area contributed by atoms with Crippen molar-refractivity contribution in [3.63, 3.8) is 0 Å². The fraction of sp³-hybridized carbons (Fsp3) is 0.588. The smallest absolute Gasteiger partial charge is 0.221 e. The van der Waals surface area contributed by atoms with Gasteiger partial charge in [-0.05, 0) is 31.4 Å². The highest BCUT2D eigenvalue weighted by atomic mass is 16.1. The number of carbonyl (C=O) groups is 1. The summed E-state index contributed by atoms with van der Waals surface area (Å²) in [7, 11) is 0. The summed E-state index contributed by atoms with van der Waals surface area (Å²) in [6.07, 6.45) is 4.32. The zero-order valence-electron chi connectivity index (χ0n) is 14.3. The molecule has 0 spiro atoms. The van der Waals surface area contributed by atoms with Crippen molar-refractivity contribution in [2.75, 3.05) is 13.1 Å². The lowest BCUT2D eigenvalue weighted by Gasteiger charge is -2.15. The van der Waals surface area contributed by atoms with Crippen LogP contribution in [-0.2, 0) is 11.3 Å². The molecule has 0 bridgehead atoms. The van der Waals surface area contributed by atoms with Crippen molar-refractivity contribution in [1.29, 1.82) is 0 Å².